The van der Waals surface area contributed by atoms with Gasteiger partial charge in [0.25, 0.3) is 0 Å². The Hall–Kier alpha value is -2.25. The van der Waals surface area contributed by atoms with Crippen molar-refractivity contribution < 1.29 is 9.53 Å². The maximum Gasteiger partial charge on any atom is 0.223 e. The van der Waals surface area contributed by atoms with Gasteiger partial charge >= 0.3 is 0 Å². The van der Waals surface area contributed by atoms with Crippen LogP contribution in [0.15, 0.2) is 24.3 Å². The molecule has 7 nitrogen and oxygen atoms in total. The Labute approximate surface area is 172 Å². The van der Waals surface area contributed by atoms with Gasteiger partial charge in [0.05, 0.1) is 6.04 Å². The lowest BCUT2D eigenvalue weighted by Crippen LogP contribution is -2.36. The maximum atomic E-state index is 12.6. The second kappa shape index (κ2) is 9.05. The van der Waals surface area contributed by atoms with E-state index in [2.05, 4.69) is 56.2 Å². The smallest absolute Gasteiger partial charge is 0.223 e. The number of amides is 1. The number of carbonyl (C=O) groups excluding carboxylic acids is 1. The number of hydrogen-bond acceptors (Lipinski definition) is 5. The number of benzene rings is 1. The zero-order valence-corrected chi connectivity index (χ0v) is 17.4. The van der Waals surface area contributed by atoms with E-state index in [-0.39, 0.29) is 17.9 Å². The Balaban J connectivity index is 1.38. The lowest BCUT2D eigenvalue weighted by Gasteiger charge is -2.23. The average Bonchev–Trinajstić information content (AvgIpc) is 3.03. The molecule has 2 aromatic rings. The minimum absolute atomic E-state index is 0.0440. The van der Waals surface area contributed by atoms with Gasteiger partial charge in [-0.05, 0) is 32.3 Å². The molecule has 3 heterocycles. The first-order valence-corrected chi connectivity index (χ1v) is 10.7. The van der Waals surface area contributed by atoms with Gasteiger partial charge in [0, 0.05) is 51.7 Å². The molecular weight excluding hydrogens is 366 g/mol. The maximum absolute atomic E-state index is 12.6. The zero-order chi connectivity index (χ0) is 20.2. The molecule has 0 saturated carbocycles. The van der Waals surface area contributed by atoms with Gasteiger partial charge in [0.2, 0.25) is 5.91 Å². The molecule has 0 bridgehead atoms. The van der Waals surface area contributed by atoms with Gasteiger partial charge in [-0.25, -0.2) is 0 Å². The van der Waals surface area contributed by atoms with Gasteiger partial charge in [0.1, 0.15) is 5.82 Å². The molecular formula is C22H31N5O2. The van der Waals surface area contributed by atoms with Crippen molar-refractivity contribution in [3.05, 3.63) is 47.0 Å². The standard InChI is InChI=1S/C22H31N5O2/c1-16-4-3-5-18(14-16)15-26-9-6-20-24-25-21(27(20)11-10-26)17(2)23-22(28)19-7-12-29-13-8-19/h3-5,14,17,19H,6-13,15H2,1-2H3,(H,23,28). The van der Waals surface area contributed by atoms with Crippen LogP contribution in [0.25, 0.3) is 0 Å². The lowest BCUT2D eigenvalue weighted by atomic mass is 9.99. The Morgan fingerprint density at radius 3 is 2.86 bits per heavy atom. The fraction of sp³-hybridized carbons (Fsp3) is 0.591. The highest BCUT2D eigenvalue weighted by Gasteiger charge is 2.26. The highest BCUT2D eigenvalue weighted by Crippen LogP contribution is 2.20. The number of ether oxygens (including phenoxy) is 1. The molecule has 2 aliphatic heterocycles. The Bertz CT molecular complexity index is 843. The highest BCUT2D eigenvalue weighted by atomic mass is 16.5. The van der Waals surface area contributed by atoms with Gasteiger partial charge in [-0.3, -0.25) is 9.69 Å². The van der Waals surface area contributed by atoms with Crippen LogP contribution in [0.1, 0.15) is 48.6 Å². The summed E-state index contributed by atoms with van der Waals surface area (Å²) in [6.07, 6.45) is 2.47. The van der Waals surface area contributed by atoms with Gasteiger partial charge in [-0.2, -0.15) is 0 Å². The summed E-state index contributed by atoms with van der Waals surface area (Å²) in [5.74, 6) is 2.02. The van der Waals surface area contributed by atoms with Gasteiger partial charge in [-0.15, -0.1) is 10.2 Å². The number of fused-ring (bicyclic) bond motifs is 1. The quantitative estimate of drug-likeness (QED) is 0.838. The second-order valence-corrected chi connectivity index (χ2v) is 8.26. The molecule has 1 unspecified atom stereocenters. The van der Waals surface area contributed by atoms with Crippen molar-refractivity contribution in [2.45, 2.75) is 52.2 Å². The molecule has 1 fully saturated rings. The number of hydrogen-bond donors (Lipinski definition) is 1. The fourth-order valence-corrected chi connectivity index (χ4v) is 4.29. The predicted molar refractivity (Wildman–Crippen MR) is 110 cm³/mol. The van der Waals surface area contributed by atoms with E-state index in [1.165, 1.54) is 11.1 Å². The molecule has 0 spiro atoms. The summed E-state index contributed by atoms with van der Waals surface area (Å²) in [7, 11) is 0. The van der Waals surface area contributed by atoms with Crippen molar-refractivity contribution >= 4 is 5.91 Å². The molecule has 7 heteroatoms. The summed E-state index contributed by atoms with van der Waals surface area (Å²) >= 11 is 0. The van der Waals surface area contributed by atoms with Gasteiger partial charge in [0.15, 0.2) is 5.82 Å². The molecule has 1 aromatic heterocycles. The summed E-state index contributed by atoms with van der Waals surface area (Å²) in [6.45, 7) is 9.19. The lowest BCUT2D eigenvalue weighted by molar-refractivity contribution is -0.128. The minimum Gasteiger partial charge on any atom is -0.381 e. The van der Waals surface area contributed by atoms with Crippen LogP contribution in [-0.2, 0) is 29.0 Å². The Kier molecular flexibility index (Phi) is 6.25. The van der Waals surface area contributed by atoms with Crippen LogP contribution in [0.4, 0.5) is 0 Å². The van der Waals surface area contributed by atoms with Crippen LogP contribution < -0.4 is 5.32 Å². The number of aromatic nitrogens is 3. The summed E-state index contributed by atoms with van der Waals surface area (Å²) in [5.41, 5.74) is 2.64. The summed E-state index contributed by atoms with van der Waals surface area (Å²) < 4.78 is 7.56. The number of rotatable bonds is 5. The number of carbonyl (C=O) groups is 1. The molecule has 1 N–H and O–H groups in total. The second-order valence-electron chi connectivity index (χ2n) is 8.26. The van der Waals surface area contributed by atoms with Crippen LogP contribution in [0.2, 0.25) is 0 Å². The Morgan fingerprint density at radius 1 is 1.24 bits per heavy atom. The monoisotopic (exact) mass is 397 g/mol. The first-order chi connectivity index (χ1) is 14.1. The molecule has 1 aromatic carbocycles. The third kappa shape index (κ3) is 4.85. The Morgan fingerprint density at radius 2 is 2.07 bits per heavy atom. The van der Waals surface area contributed by atoms with Crippen molar-refractivity contribution in [3.63, 3.8) is 0 Å². The van der Waals surface area contributed by atoms with Crippen LogP contribution in [0.5, 0.6) is 0 Å². The third-order valence-corrected chi connectivity index (χ3v) is 5.97. The molecule has 1 atom stereocenters. The van der Waals surface area contributed by atoms with Gasteiger partial charge < -0.3 is 14.6 Å². The third-order valence-electron chi connectivity index (χ3n) is 5.97. The summed E-state index contributed by atoms with van der Waals surface area (Å²) in [6, 6.07) is 8.56. The van der Waals surface area contributed by atoms with Crippen LogP contribution in [0, 0.1) is 12.8 Å². The van der Waals surface area contributed by atoms with Crippen molar-refractivity contribution in [3.8, 4) is 0 Å². The molecule has 0 radical (unpaired) electrons. The van der Waals surface area contributed by atoms with E-state index in [0.29, 0.717) is 13.2 Å². The summed E-state index contributed by atoms with van der Waals surface area (Å²) in [4.78, 5) is 15.1. The summed E-state index contributed by atoms with van der Waals surface area (Å²) in [5, 5.41) is 12.0. The molecule has 2 aliphatic rings. The molecule has 156 valence electrons. The van der Waals surface area contributed by atoms with E-state index in [9.17, 15) is 4.79 Å². The first-order valence-electron chi connectivity index (χ1n) is 10.7. The minimum atomic E-state index is -0.144. The molecule has 1 saturated heterocycles. The van der Waals surface area contributed by atoms with Crippen molar-refractivity contribution in [1.82, 2.24) is 25.0 Å². The van der Waals surface area contributed by atoms with Gasteiger partial charge in [-0.1, -0.05) is 29.8 Å². The molecule has 29 heavy (non-hydrogen) atoms. The highest BCUT2D eigenvalue weighted by molar-refractivity contribution is 5.79. The zero-order valence-electron chi connectivity index (χ0n) is 17.4. The van der Waals surface area contributed by atoms with Crippen molar-refractivity contribution in [2.75, 3.05) is 26.3 Å². The van der Waals surface area contributed by atoms with E-state index in [0.717, 1.165) is 57.1 Å². The molecule has 1 amide bonds. The van der Waals surface area contributed by atoms with E-state index in [1.54, 1.807) is 0 Å². The van der Waals surface area contributed by atoms with Crippen LogP contribution in [0.3, 0.4) is 0 Å². The first kappa shape index (κ1) is 20.0. The van der Waals surface area contributed by atoms with Crippen LogP contribution in [-0.4, -0.2) is 51.9 Å². The van der Waals surface area contributed by atoms with Crippen molar-refractivity contribution in [1.29, 1.82) is 0 Å². The number of aryl methyl sites for hydroxylation is 1. The van der Waals surface area contributed by atoms with E-state index in [1.807, 2.05) is 6.92 Å². The largest absolute Gasteiger partial charge is 0.381 e. The SMILES string of the molecule is Cc1cccc(CN2CCc3nnc(C(C)NC(=O)C4CCOCC4)n3CC2)c1. The van der Waals surface area contributed by atoms with Crippen molar-refractivity contribution in [2.24, 2.45) is 5.92 Å². The predicted octanol–water partition coefficient (Wildman–Crippen LogP) is 2.25. The van der Waals surface area contributed by atoms with E-state index >= 15 is 0 Å². The van der Waals surface area contributed by atoms with E-state index < -0.39 is 0 Å². The molecule has 0 aliphatic carbocycles. The fourth-order valence-electron chi connectivity index (χ4n) is 4.29. The topological polar surface area (TPSA) is 72.3 Å². The van der Waals surface area contributed by atoms with Crippen LogP contribution >= 0.6 is 0 Å². The number of nitrogens with one attached hydrogen (secondary N) is 1. The number of nitrogens with zero attached hydrogens (tertiary/aromatic N) is 4. The average molecular weight is 398 g/mol. The molecule has 4 rings (SSSR count). The van der Waals surface area contributed by atoms with E-state index in [4.69, 9.17) is 4.74 Å². The normalized spacial score (nSPS) is 19.4.